The maximum Gasteiger partial charge on any atom is 0.147 e. The fourth-order valence-corrected chi connectivity index (χ4v) is 1.55. The first-order chi connectivity index (χ1) is 6.70. The average molecular weight is 193 g/mol. The molecule has 1 aliphatic heterocycles. The smallest absolute Gasteiger partial charge is 0.147 e. The van der Waals surface area contributed by atoms with Crippen molar-refractivity contribution >= 4 is 5.82 Å². The highest BCUT2D eigenvalue weighted by molar-refractivity contribution is 5.40. The first kappa shape index (κ1) is 9.40. The summed E-state index contributed by atoms with van der Waals surface area (Å²) in [5.41, 5.74) is 1.96. The van der Waals surface area contributed by atoms with Crippen molar-refractivity contribution in [3.05, 3.63) is 17.6 Å². The van der Waals surface area contributed by atoms with E-state index in [1.54, 1.807) is 6.20 Å². The average Bonchev–Trinajstić information content (AvgIpc) is 2.09. The summed E-state index contributed by atoms with van der Waals surface area (Å²) in [6, 6.07) is 0. The number of hydrogen-bond acceptors (Lipinski definition) is 4. The van der Waals surface area contributed by atoms with Crippen LogP contribution in [0.2, 0.25) is 0 Å². The van der Waals surface area contributed by atoms with Gasteiger partial charge in [-0.25, -0.2) is 4.98 Å². The minimum absolute atomic E-state index is 0.273. The molecule has 0 bridgehead atoms. The van der Waals surface area contributed by atoms with E-state index < -0.39 is 0 Å². The molecule has 4 heteroatoms. The van der Waals surface area contributed by atoms with Gasteiger partial charge >= 0.3 is 0 Å². The van der Waals surface area contributed by atoms with Crippen molar-refractivity contribution in [1.82, 2.24) is 9.97 Å². The third-order valence-electron chi connectivity index (χ3n) is 2.72. The van der Waals surface area contributed by atoms with Crippen LogP contribution in [0, 0.1) is 19.8 Å². The van der Waals surface area contributed by atoms with Crippen LogP contribution < -0.4 is 4.90 Å². The lowest BCUT2D eigenvalue weighted by Crippen LogP contribution is -2.48. The molecule has 0 aliphatic carbocycles. The van der Waals surface area contributed by atoms with E-state index in [9.17, 15) is 0 Å². The SMILES string of the molecule is Cc1ncc(N2CC(CO)C2)nc1C. The molecule has 1 fully saturated rings. The van der Waals surface area contributed by atoms with Crippen LogP contribution in [0.15, 0.2) is 6.20 Å². The number of anilines is 1. The summed E-state index contributed by atoms with van der Waals surface area (Å²) in [5.74, 6) is 1.34. The fourth-order valence-electron chi connectivity index (χ4n) is 1.55. The van der Waals surface area contributed by atoms with Crippen LogP contribution in [0.1, 0.15) is 11.4 Å². The number of nitrogens with zero attached hydrogens (tertiary/aromatic N) is 3. The van der Waals surface area contributed by atoms with Crippen LogP contribution in [-0.4, -0.2) is 34.8 Å². The fraction of sp³-hybridized carbons (Fsp3) is 0.600. The van der Waals surface area contributed by atoms with E-state index in [1.165, 1.54) is 0 Å². The van der Waals surface area contributed by atoms with Gasteiger partial charge in [-0.1, -0.05) is 0 Å². The Morgan fingerprint density at radius 1 is 1.43 bits per heavy atom. The molecule has 1 aliphatic rings. The Morgan fingerprint density at radius 3 is 2.71 bits per heavy atom. The predicted molar refractivity (Wildman–Crippen MR) is 54.3 cm³/mol. The molecule has 14 heavy (non-hydrogen) atoms. The topological polar surface area (TPSA) is 49.2 Å². The Kier molecular flexibility index (Phi) is 2.37. The highest BCUT2D eigenvalue weighted by Crippen LogP contribution is 2.22. The molecule has 0 radical (unpaired) electrons. The molecular formula is C10H15N3O. The zero-order valence-corrected chi connectivity index (χ0v) is 8.56. The van der Waals surface area contributed by atoms with Crippen LogP contribution >= 0.6 is 0 Å². The molecule has 0 saturated carbocycles. The Bertz CT molecular complexity index is 334. The lowest BCUT2D eigenvalue weighted by atomic mass is 10.0. The number of aliphatic hydroxyl groups excluding tert-OH is 1. The Morgan fingerprint density at radius 2 is 2.14 bits per heavy atom. The molecule has 0 amide bonds. The summed E-state index contributed by atoms with van der Waals surface area (Å²) >= 11 is 0. The summed E-state index contributed by atoms with van der Waals surface area (Å²) in [7, 11) is 0. The van der Waals surface area contributed by atoms with Crippen molar-refractivity contribution in [2.24, 2.45) is 5.92 Å². The molecule has 0 atom stereocenters. The number of aryl methyl sites for hydroxylation is 2. The first-order valence-electron chi connectivity index (χ1n) is 4.86. The third-order valence-corrected chi connectivity index (χ3v) is 2.72. The molecule has 0 unspecified atom stereocenters. The van der Waals surface area contributed by atoms with E-state index in [4.69, 9.17) is 5.11 Å². The Hall–Kier alpha value is -1.16. The zero-order chi connectivity index (χ0) is 10.1. The summed E-state index contributed by atoms with van der Waals surface area (Å²) in [4.78, 5) is 10.9. The molecule has 1 aromatic rings. The van der Waals surface area contributed by atoms with E-state index in [0.29, 0.717) is 5.92 Å². The van der Waals surface area contributed by atoms with Crippen molar-refractivity contribution in [1.29, 1.82) is 0 Å². The lowest BCUT2D eigenvalue weighted by molar-refractivity contribution is 0.200. The van der Waals surface area contributed by atoms with Gasteiger partial charge in [-0.05, 0) is 13.8 Å². The molecule has 1 aromatic heterocycles. The van der Waals surface area contributed by atoms with Gasteiger partial charge in [-0.2, -0.15) is 0 Å². The minimum atomic E-state index is 0.273. The standard InChI is InChI=1S/C10H15N3O/c1-7-8(2)12-10(3-11-7)13-4-9(5-13)6-14/h3,9,14H,4-6H2,1-2H3. The second kappa shape index (κ2) is 3.53. The van der Waals surface area contributed by atoms with Crippen molar-refractivity contribution in [3.8, 4) is 0 Å². The van der Waals surface area contributed by atoms with E-state index in [2.05, 4.69) is 14.9 Å². The molecule has 1 N–H and O–H groups in total. The van der Waals surface area contributed by atoms with Gasteiger partial charge in [0.15, 0.2) is 0 Å². The van der Waals surface area contributed by atoms with Gasteiger partial charge in [0.2, 0.25) is 0 Å². The summed E-state index contributed by atoms with van der Waals surface area (Å²) < 4.78 is 0. The quantitative estimate of drug-likeness (QED) is 0.744. The van der Waals surface area contributed by atoms with E-state index >= 15 is 0 Å². The number of aliphatic hydroxyl groups is 1. The van der Waals surface area contributed by atoms with Crippen LogP contribution in [0.3, 0.4) is 0 Å². The largest absolute Gasteiger partial charge is 0.396 e. The van der Waals surface area contributed by atoms with Gasteiger partial charge in [0.05, 0.1) is 17.6 Å². The number of hydrogen-bond donors (Lipinski definition) is 1. The van der Waals surface area contributed by atoms with Crippen molar-refractivity contribution < 1.29 is 5.11 Å². The maximum absolute atomic E-state index is 8.89. The van der Waals surface area contributed by atoms with Gasteiger partial charge in [0.25, 0.3) is 0 Å². The molecule has 2 heterocycles. The normalized spacial score (nSPS) is 16.9. The lowest BCUT2D eigenvalue weighted by Gasteiger charge is -2.39. The van der Waals surface area contributed by atoms with E-state index in [1.807, 2.05) is 13.8 Å². The number of rotatable bonds is 2. The molecule has 1 saturated heterocycles. The molecule has 2 rings (SSSR count). The molecular weight excluding hydrogens is 178 g/mol. The minimum Gasteiger partial charge on any atom is -0.396 e. The van der Waals surface area contributed by atoms with Crippen LogP contribution in [-0.2, 0) is 0 Å². The molecule has 76 valence electrons. The van der Waals surface area contributed by atoms with Gasteiger partial charge < -0.3 is 10.0 Å². The summed E-state index contributed by atoms with van der Waals surface area (Å²) in [6.45, 7) is 5.99. The molecule has 0 aromatic carbocycles. The first-order valence-corrected chi connectivity index (χ1v) is 4.86. The van der Waals surface area contributed by atoms with E-state index in [-0.39, 0.29) is 6.61 Å². The maximum atomic E-state index is 8.89. The van der Waals surface area contributed by atoms with E-state index in [0.717, 1.165) is 30.3 Å². The van der Waals surface area contributed by atoms with Gasteiger partial charge in [-0.15, -0.1) is 0 Å². The second-order valence-electron chi connectivity index (χ2n) is 3.85. The van der Waals surface area contributed by atoms with Crippen molar-refractivity contribution in [2.45, 2.75) is 13.8 Å². The van der Waals surface area contributed by atoms with Gasteiger partial charge in [0, 0.05) is 25.6 Å². The third kappa shape index (κ3) is 1.57. The highest BCUT2D eigenvalue weighted by Gasteiger charge is 2.27. The van der Waals surface area contributed by atoms with Crippen LogP contribution in [0.4, 0.5) is 5.82 Å². The summed E-state index contributed by atoms with van der Waals surface area (Å²) in [5, 5.41) is 8.89. The van der Waals surface area contributed by atoms with Crippen molar-refractivity contribution in [2.75, 3.05) is 24.6 Å². The summed E-state index contributed by atoms with van der Waals surface area (Å²) in [6.07, 6.45) is 1.80. The van der Waals surface area contributed by atoms with Crippen LogP contribution in [0.5, 0.6) is 0 Å². The molecule has 0 spiro atoms. The zero-order valence-electron chi connectivity index (χ0n) is 8.56. The number of aromatic nitrogens is 2. The van der Waals surface area contributed by atoms with Gasteiger partial charge in [-0.3, -0.25) is 4.98 Å². The van der Waals surface area contributed by atoms with Crippen LogP contribution in [0.25, 0.3) is 0 Å². The highest BCUT2D eigenvalue weighted by atomic mass is 16.3. The molecule has 4 nitrogen and oxygen atoms in total. The Balaban J connectivity index is 2.08. The predicted octanol–water partition coefficient (Wildman–Crippen LogP) is 0.522. The monoisotopic (exact) mass is 193 g/mol. The second-order valence-corrected chi connectivity index (χ2v) is 3.85. The van der Waals surface area contributed by atoms with Crippen molar-refractivity contribution in [3.63, 3.8) is 0 Å². The Labute approximate surface area is 83.6 Å². The van der Waals surface area contributed by atoms with Gasteiger partial charge in [0.1, 0.15) is 5.82 Å².